The number of para-hydroxylation sites is 1. The lowest BCUT2D eigenvalue weighted by atomic mass is 10.0. The SMILES string of the molecule is O=S(=O)(c1ccccc1)N1CCc2cc(C3CC3/N=C/c3c[nH]c4ccccc34)ccc21. The molecule has 2 aliphatic rings. The molecule has 1 N–H and O–H groups in total. The molecule has 3 aromatic carbocycles. The fraction of sp³-hybridized carbons (Fsp3) is 0.192. The maximum absolute atomic E-state index is 13.1. The molecule has 2 heterocycles. The molecule has 160 valence electrons. The molecule has 0 radical (unpaired) electrons. The van der Waals surface area contributed by atoms with Gasteiger partial charge in [0.25, 0.3) is 10.0 Å². The Labute approximate surface area is 187 Å². The Bertz CT molecular complexity index is 1440. The first-order valence-electron chi connectivity index (χ1n) is 10.9. The standard InChI is InChI=1S/C26H23N3O2S/c30-32(31,21-6-2-1-3-7-21)29-13-12-19-14-18(10-11-26(19)29)23-15-25(23)28-17-20-16-27-24-9-5-4-8-22(20)24/h1-11,14,16-17,23,25,27H,12-13,15H2/b28-17+. The van der Waals surface area contributed by atoms with Crippen molar-refractivity contribution < 1.29 is 8.42 Å². The molecular formula is C26H23N3O2S. The van der Waals surface area contributed by atoms with Gasteiger partial charge in [-0.3, -0.25) is 9.30 Å². The van der Waals surface area contributed by atoms with Gasteiger partial charge in [-0.05, 0) is 48.2 Å². The van der Waals surface area contributed by atoms with Gasteiger partial charge in [0.05, 0.1) is 16.6 Å². The third kappa shape index (κ3) is 3.22. The van der Waals surface area contributed by atoms with E-state index in [2.05, 4.69) is 29.2 Å². The highest BCUT2D eigenvalue weighted by Gasteiger charge is 2.39. The number of sulfonamides is 1. The van der Waals surface area contributed by atoms with Gasteiger partial charge in [-0.25, -0.2) is 8.42 Å². The normalized spacial score (nSPS) is 20.2. The van der Waals surface area contributed by atoms with Crippen molar-refractivity contribution in [2.45, 2.75) is 29.7 Å². The third-order valence-corrected chi connectivity index (χ3v) is 8.33. The van der Waals surface area contributed by atoms with Crippen molar-refractivity contribution in [3.05, 3.63) is 95.7 Å². The molecule has 6 rings (SSSR count). The van der Waals surface area contributed by atoms with E-state index in [0.717, 1.165) is 35.2 Å². The Balaban J connectivity index is 1.20. The van der Waals surface area contributed by atoms with Crippen LogP contribution in [-0.4, -0.2) is 32.2 Å². The highest BCUT2D eigenvalue weighted by atomic mass is 32.2. The maximum Gasteiger partial charge on any atom is 0.264 e. The minimum Gasteiger partial charge on any atom is -0.361 e. The van der Waals surface area contributed by atoms with E-state index < -0.39 is 10.0 Å². The summed E-state index contributed by atoms with van der Waals surface area (Å²) >= 11 is 0. The zero-order valence-electron chi connectivity index (χ0n) is 17.5. The van der Waals surface area contributed by atoms with Crippen LogP contribution in [0, 0.1) is 0 Å². The molecule has 2 atom stereocenters. The van der Waals surface area contributed by atoms with Gasteiger partial charge in [-0.2, -0.15) is 0 Å². The van der Waals surface area contributed by atoms with Crippen LogP contribution in [-0.2, 0) is 16.4 Å². The average molecular weight is 442 g/mol. The van der Waals surface area contributed by atoms with Crippen molar-refractivity contribution in [3.8, 4) is 0 Å². The van der Waals surface area contributed by atoms with Crippen LogP contribution in [0.5, 0.6) is 0 Å². The molecule has 4 aromatic rings. The molecule has 0 saturated heterocycles. The van der Waals surface area contributed by atoms with Crippen molar-refractivity contribution in [1.29, 1.82) is 0 Å². The van der Waals surface area contributed by atoms with Crippen LogP contribution in [0.4, 0.5) is 5.69 Å². The Morgan fingerprint density at radius 1 is 1.00 bits per heavy atom. The molecule has 1 aliphatic heterocycles. The lowest BCUT2D eigenvalue weighted by Crippen LogP contribution is -2.29. The monoisotopic (exact) mass is 441 g/mol. The predicted octanol–water partition coefficient (Wildman–Crippen LogP) is 4.89. The molecule has 0 amide bonds. The number of aliphatic imine (C=N–C) groups is 1. The minimum atomic E-state index is -3.53. The Morgan fingerprint density at radius 3 is 2.69 bits per heavy atom. The lowest BCUT2D eigenvalue weighted by molar-refractivity contribution is 0.592. The molecule has 0 bridgehead atoms. The van der Waals surface area contributed by atoms with Gasteiger partial charge in [-0.15, -0.1) is 0 Å². The maximum atomic E-state index is 13.1. The molecule has 0 spiro atoms. The number of fused-ring (bicyclic) bond motifs is 2. The van der Waals surface area contributed by atoms with E-state index in [1.807, 2.05) is 36.7 Å². The van der Waals surface area contributed by atoms with Crippen molar-refractivity contribution in [2.75, 3.05) is 10.8 Å². The average Bonchev–Trinajstić information content (AvgIpc) is 3.28. The second kappa shape index (κ2) is 7.35. The second-order valence-corrected chi connectivity index (χ2v) is 10.4. The fourth-order valence-electron chi connectivity index (χ4n) is 4.67. The number of aromatic nitrogens is 1. The molecule has 5 nitrogen and oxygen atoms in total. The zero-order chi connectivity index (χ0) is 21.7. The zero-order valence-corrected chi connectivity index (χ0v) is 18.3. The molecule has 6 heteroatoms. The van der Waals surface area contributed by atoms with Crippen LogP contribution in [0.1, 0.15) is 29.0 Å². The van der Waals surface area contributed by atoms with Crippen LogP contribution < -0.4 is 4.31 Å². The summed E-state index contributed by atoms with van der Waals surface area (Å²) in [5, 5.41) is 1.19. The number of H-pyrrole nitrogens is 1. The number of nitrogens with zero attached hydrogens (tertiary/aromatic N) is 2. The fourth-order valence-corrected chi connectivity index (χ4v) is 6.20. The Morgan fingerprint density at radius 2 is 1.81 bits per heavy atom. The van der Waals surface area contributed by atoms with E-state index in [1.165, 1.54) is 10.9 Å². The quantitative estimate of drug-likeness (QED) is 0.448. The molecule has 32 heavy (non-hydrogen) atoms. The topological polar surface area (TPSA) is 65.5 Å². The number of benzene rings is 3. The molecule has 1 aromatic heterocycles. The van der Waals surface area contributed by atoms with Gasteiger partial charge in [0.2, 0.25) is 0 Å². The summed E-state index contributed by atoms with van der Waals surface area (Å²) in [6.07, 6.45) is 5.75. The predicted molar refractivity (Wildman–Crippen MR) is 128 cm³/mol. The van der Waals surface area contributed by atoms with E-state index in [-0.39, 0.29) is 6.04 Å². The molecule has 2 unspecified atom stereocenters. The first kappa shape index (κ1) is 19.3. The van der Waals surface area contributed by atoms with Gasteiger partial charge in [0.15, 0.2) is 0 Å². The summed E-state index contributed by atoms with van der Waals surface area (Å²) in [5.74, 6) is 0.404. The number of aromatic amines is 1. The van der Waals surface area contributed by atoms with Gasteiger partial charge in [0, 0.05) is 41.3 Å². The lowest BCUT2D eigenvalue weighted by Gasteiger charge is -2.19. The van der Waals surface area contributed by atoms with E-state index in [0.29, 0.717) is 17.4 Å². The summed E-state index contributed by atoms with van der Waals surface area (Å²) in [7, 11) is -3.53. The van der Waals surface area contributed by atoms with E-state index in [4.69, 9.17) is 4.99 Å². The number of rotatable bonds is 5. The third-order valence-electron chi connectivity index (χ3n) is 6.50. The van der Waals surface area contributed by atoms with Gasteiger partial charge >= 0.3 is 0 Å². The Kier molecular flexibility index (Phi) is 4.43. The molecule has 1 saturated carbocycles. The van der Waals surface area contributed by atoms with Crippen molar-refractivity contribution in [1.82, 2.24) is 4.98 Å². The first-order valence-corrected chi connectivity index (χ1v) is 12.4. The smallest absolute Gasteiger partial charge is 0.264 e. The van der Waals surface area contributed by atoms with Gasteiger partial charge in [0.1, 0.15) is 0 Å². The van der Waals surface area contributed by atoms with Gasteiger partial charge in [-0.1, -0.05) is 48.5 Å². The summed E-state index contributed by atoms with van der Waals surface area (Å²) in [6.45, 7) is 0.489. The van der Waals surface area contributed by atoms with Crippen LogP contribution in [0.25, 0.3) is 10.9 Å². The van der Waals surface area contributed by atoms with E-state index in [9.17, 15) is 8.42 Å². The molecular weight excluding hydrogens is 418 g/mol. The summed E-state index contributed by atoms with van der Waals surface area (Å²) < 4.78 is 27.7. The largest absolute Gasteiger partial charge is 0.361 e. The van der Waals surface area contributed by atoms with Crippen LogP contribution in [0.2, 0.25) is 0 Å². The van der Waals surface area contributed by atoms with Crippen LogP contribution in [0.15, 0.2) is 88.9 Å². The Hall–Kier alpha value is -3.38. The number of hydrogen-bond donors (Lipinski definition) is 1. The highest BCUT2D eigenvalue weighted by molar-refractivity contribution is 7.92. The highest BCUT2D eigenvalue weighted by Crippen LogP contribution is 2.45. The molecule has 1 aliphatic carbocycles. The summed E-state index contributed by atoms with van der Waals surface area (Å²) in [6, 6.07) is 23.4. The molecule has 1 fully saturated rings. The first-order chi connectivity index (χ1) is 15.6. The number of anilines is 1. The summed E-state index contributed by atoms with van der Waals surface area (Å²) in [4.78, 5) is 8.45. The van der Waals surface area contributed by atoms with Crippen molar-refractivity contribution in [3.63, 3.8) is 0 Å². The van der Waals surface area contributed by atoms with E-state index in [1.54, 1.807) is 28.6 Å². The second-order valence-electron chi connectivity index (χ2n) is 8.51. The summed E-state index contributed by atoms with van der Waals surface area (Å²) in [5.41, 5.74) is 5.39. The van der Waals surface area contributed by atoms with Crippen LogP contribution >= 0.6 is 0 Å². The van der Waals surface area contributed by atoms with E-state index >= 15 is 0 Å². The van der Waals surface area contributed by atoms with Gasteiger partial charge < -0.3 is 4.98 Å². The minimum absolute atomic E-state index is 0.285. The van der Waals surface area contributed by atoms with Crippen molar-refractivity contribution >= 4 is 32.8 Å². The van der Waals surface area contributed by atoms with Crippen LogP contribution in [0.3, 0.4) is 0 Å². The van der Waals surface area contributed by atoms with Crippen molar-refractivity contribution in [2.24, 2.45) is 4.99 Å². The number of nitrogens with one attached hydrogen (secondary N) is 1. The number of hydrogen-bond acceptors (Lipinski definition) is 3.